The zero-order chi connectivity index (χ0) is 15.6. The Morgan fingerprint density at radius 3 is 2.62 bits per heavy atom. The highest BCUT2D eigenvalue weighted by atomic mass is 32.1. The van der Waals surface area contributed by atoms with Crippen molar-refractivity contribution >= 4 is 23.0 Å². The molecule has 1 heterocycles. The Labute approximate surface area is 120 Å². The summed E-state index contributed by atoms with van der Waals surface area (Å²) in [5, 5.41) is 13.0. The average molecular weight is 319 g/mol. The van der Waals surface area contributed by atoms with Gasteiger partial charge in [0.05, 0.1) is 11.3 Å². The third-order valence-electron chi connectivity index (χ3n) is 2.70. The van der Waals surface area contributed by atoms with E-state index in [1.54, 1.807) is 5.38 Å². The van der Waals surface area contributed by atoms with E-state index in [-0.39, 0.29) is 17.1 Å². The SMILES string of the molecule is O=C(O)c1sccc1CNc1cc(C(F)(F)F)ccc1F. The number of hydrogen-bond acceptors (Lipinski definition) is 3. The van der Waals surface area contributed by atoms with Gasteiger partial charge in [-0.3, -0.25) is 0 Å². The highest BCUT2D eigenvalue weighted by Crippen LogP contribution is 2.32. The lowest BCUT2D eigenvalue weighted by Gasteiger charge is -2.11. The number of nitrogens with one attached hydrogen (secondary N) is 1. The predicted molar refractivity (Wildman–Crippen MR) is 70.0 cm³/mol. The Morgan fingerprint density at radius 1 is 1.29 bits per heavy atom. The molecule has 0 aliphatic heterocycles. The molecule has 2 rings (SSSR count). The number of carboxylic acid groups (broad SMARTS) is 1. The molecule has 0 radical (unpaired) electrons. The van der Waals surface area contributed by atoms with Crippen LogP contribution in [-0.2, 0) is 12.7 Å². The first-order chi connectivity index (χ1) is 9.79. The highest BCUT2D eigenvalue weighted by Gasteiger charge is 2.31. The fourth-order valence-electron chi connectivity index (χ4n) is 1.69. The zero-order valence-electron chi connectivity index (χ0n) is 10.4. The molecule has 2 aromatic rings. The van der Waals surface area contributed by atoms with Crippen LogP contribution in [0.15, 0.2) is 29.6 Å². The topological polar surface area (TPSA) is 49.3 Å². The molecule has 8 heteroatoms. The smallest absolute Gasteiger partial charge is 0.416 e. The largest absolute Gasteiger partial charge is 0.477 e. The summed E-state index contributed by atoms with van der Waals surface area (Å²) in [6, 6.07) is 3.54. The van der Waals surface area contributed by atoms with Crippen LogP contribution in [0.4, 0.5) is 23.2 Å². The molecule has 0 aliphatic carbocycles. The molecule has 0 saturated heterocycles. The van der Waals surface area contributed by atoms with E-state index in [2.05, 4.69) is 5.32 Å². The maximum absolute atomic E-state index is 13.5. The molecule has 0 amide bonds. The molecule has 0 bridgehead atoms. The summed E-state index contributed by atoms with van der Waals surface area (Å²) in [5.41, 5.74) is -0.924. The number of carbonyl (C=O) groups is 1. The number of aromatic carboxylic acids is 1. The summed E-state index contributed by atoms with van der Waals surface area (Å²) in [6.07, 6.45) is -4.57. The van der Waals surface area contributed by atoms with E-state index in [1.807, 2.05) is 0 Å². The summed E-state index contributed by atoms with van der Waals surface area (Å²) in [7, 11) is 0. The van der Waals surface area contributed by atoms with Crippen LogP contribution in [0.25, 0.3) is 0 Å². The summed E-state index contributed by atoms with van der Waals surface area (Å²) in [6.45, 7) is -0.0800. The van der Waals surface area contributed by atoms with Crippen molar-refractivity contribution in [3.05, 3.63) is 51.5 Å². The molecule has 0 spiro atoms. The molecule has 21 heavy (non-hydrogen) atoms. The van der Waals surface area contributed by atoms with E-state index < -0.39 is 23.5 Å². The lowest BCUT2D eigenvalue weighted by Crippen LogP contribution is -2.09. The second-order valence-corrected chi connectivity index (χ2v) is 5.04. The van der Waals surface area contributed by atoms with Crippen molar-refractivity contribution in [3.8, 4) is 0 Å². The summed E-state index contributed by atoms with van der Waals surface area (Å²) in [4.78, 5) is 11.0. The summed E-state index contributed by atoms with van der Waals surface area (Å²) in [5.74, 6) is -1.97. The minimum atomic E-state index is -4.57. The van der Waals surface area contributed by atoms with Crippen molar-refractivity contribution in [2.45, 2.75) is 12.7 Å². The standard InChI is InChI=1S/C13H9F4NO2S/c14-9-2-1-8(13(15,16)17)5-10(9)18-6-7-3-4-21-11(7)12(19)20/h1-5,18H,6H2,(H,19,20). The first kappa shape index (κ1) is 15.3. The normalized spacial score (nSPS) is 11.4. The number of benzene rings is 1. The molecular formula is C13H9F4NO2S. The minimum Gasteiger partial charge on any atom is -0.477 e. The average Bonchev–Trinajstić information content (AvgIpc) is 2.85. The lowest BCUT2D eigenvalue weighted by atomic mass is 10.1. The van der Waals surface area contributed by atoms with Crippen LogP contribution in [0, 0.1) is 5.82 Å². The van der Waals surface area contributed by atoms with E-state index in [4.69, 9.17) is 5.11 Å². The van der Waals surface area contributed by atoms with Crippen molar-refractivity contribution < 1.29 is 27.5 Å². The van der Waals surface area contributed by atoms with Gasteiger partial charge in [0.15, 0.2) is 0 Å². The van der Waals surface area contributed by atoms with Gasteiger partial charge in [-0.1, -0.05) is 0 Å². The molecular weight excluding hydrogens is 310 g/mol. The Hall–Kier alpha value is -2.09. The van der Waals surface area contributed by atoms with Crippen LogP contribution < -0.4 is 5.32 Å². The van der Waals surface area contributed by atoms with Gasteiger partial charge in [-0.2, -0.15) is 13.2 Å². The van der Waals surface area contributed by atoms with E-state index in [9.17, 15) is 22.4 Å². The Balaban J connectivity index is 2.20. The van der Waals surface area contributed by atoms with Crippen molar-refractivity contribution in [2.75, 3.05) is 5.32 Å². The Kier molecular flexibility index (Phi) is 4.17. The highest BCUT2D eigenvalue weighted by molar-refractivity contribution is 7.12. The van der Waals surface area contributed by atoms with Crippen molar-refractivity contribution in [2.24, 2.45) is 0 Å². The molecule has 1 aromatic heterocycles. The third kappa shape index (κ3) is 3.52. The van der Waals surface area contributed by atoms with Gasteiger partial charge >= 0.3 is 12.1 Å². The monoisotopic (exact) mass is 319 g/mol. The van der Waals surface area contributed by atoms with Crippen molar-refractivity contribution in [3.63, 3.8) is 0 Å². The number of halogens is 4. The first-order valence-corrected chi connectivity index (χ1v) is 6.57. The number of rotatable bonds is 4. The van der Waals surface area contributed by atoms with Gasteiger partial charge in [0.2, 0.25) is 0 Å². The van der Waals surface area contributed by atoms with Gasteiger partial charge in [0.1, 0.15) is 10.7 Å². The molecule has 1 aromatic carbocycles. The Bertz CT molecular complexity index is 666. The lowest BCUT2D eigenvalue weighted by molar-refractivity contribution is -0.137. The summed E-state index contributed by atoms with van der Waals surface area (Å²) >= 11 is 0.991. The van der Waals surface area contributed by atoms with Crippen molar-refractivity contribution in [1.29, 1.82) is 0 Å². The fourth-order valence-corrected chi connectivity index (χ4v) is 2.45. The van der Waals surface area contributed by atoms with Gasteiger partial charge in [0.25, 0.3) is 0 Å². The van der Waals surface area contributed by atoms with Gasteiger partial charge in [-0.25, -0.2) is 9.18 Å². The Morgan fingerprint density at radius 2 is 2.00 bits per heavy atom. The van der Waals surface area contributed by atoms with Gasteiger partial charge in [-0.05, 0) is 35.2 Å². The number of hydrogen-bond donors (Lipinski definition) is 2. The molecule has 0 atom stereocenters. The maximum Gasteiger partial charge on any atom is 0.416 e. The van der Waals surface area contributed by atoms with Crippen molar-refractivity contribution in [1.82, 2.24) is 0 Å². The molecule has 0 saturated carbocycles. The van der Waals surface area contributed by atoms with Gasteiger partial charge in [-0.15, -0.1) is 11.3 Å². The molecule has 3 nitrogen and oxygen atoms in total. The van der Waals surface area contributed by atoms with Crippen LogP contribution in [0.2, 0.25) is 0 Å². The first-order valence-electron chi connectivity index (χ1n) is 5.69. The second kappa shape index (κ2) is 5.72. The molecule has 112 valence electrons. The molecule has 2 N–H and O–H groups in total. The predicted octanol–water partition coefficient (Wildman–Crippen LogP) is 4.22. The molecule has 0 aliphatic rings. The van der Waals surface area contributed by atoms with Crippen LogP contribution in [0.3, 0.4) is 0 Å². The summed E-state index contributed by atoms with van der Waals surface area (Å²) < 4.78 is 51.2. The van der Waals surface area contributed by atoms with Gasteiger partial charge in [0, 0.05) is 6.54 Å². The second-order valence-electron chi connectivity index (χ2n) is 4.13. The molecule has 0 fully saturated rings. The van der Waals surface area contributed by atoms with E-state index >= 15 is 0 Å². The fraction of sp³-hybridized carbons (Fsp3) is 0.154. The maximum atomic E-state index is 13.5. The van der Waals surface area contributed by atoms with Gasteiger partial charge < -0.3 is 10.4 Å². The van der Waals surface area contributed by atoms with E-state index in [0.717, 1.165) is 17.4 Å². The zero-order valence-corrected chi connectivity index (χ0v) is 11.2. The number of thiophene rings is 1. The number of anilines is 1. The number of carboxylic acids is 1. The molecule has 0 unspecified atom stereocenters. The number of alkyl halides is 3. The quantitative estimate of drug-likeness (QED) is 0.830. The third-order valence-corrected chi connectivity index (χ3v) is 3.65. The van der Waals surface area contributed by atoms with E-state index in [0.29, 0.717) is 17.7 Å². The van der Waals surface area contributed by atoms with Crippen LogP contribution in [0.5, 0.6) is 0 Å². The van der Waals surface area contributed by atoms with Crippen LogP contribution in [0.1, 0.15) is 20.8 Å². The van der Waals surface area contributed by atoms with Crippen LogP contribution in [-0.4, -0.2) is 11.1 Å². The minimum absolute atomic E-state index is 0.0647. The van der Waals surface area contributed by atoms with Crippen LogP contribution >= 0.6 is 11.3 Å². The van der Waals surface area contributed by atoms with E-state index in [1.165, 1.54) is 6.07 Å².